The van der Waals surface area contributed by atoms with Gasteiger partial charge in [0.1, 0.15) is 0 Å². The van der Waals surface area contributed by atoms with Gasteiger partial charge in [-0.2, -0.15) is 16.0 Å². The molecule has 3 aromatic rings. The third-order valence-electron chi connectivity index (χ3n) is 3.92. The maximum atomic E-state index is 12.7. The van der Waals surface area contributed by atoms with Crippen molar-refractivity contribution in [2.24, 2.45) is 0 Å². The van der Waals surface area contributed by atoms with Crippen LogP contribution in [0.2, 0.25) is 0 Å². The van der Waals surface area contributed by atoms with Gasteiger partial charge in [-0.05, 0) is 51.4 Å². The minimum atomic E-state index is -0.684. The van der Waals surface area contributed by atoms with Gasteiger partial charge in [0, 0.05) is 13.6 Å². The number of ether oxygens (including phenoxy) is 1. The summed E-state index contributed by atoms with van der Waals surface area (Å²) in [6.45, 7) is 1.76. The van der Waals surface area contributed by atoms with E-state index in [2.05, 4.69) is 15.5 Å². The summed E-state index contributed by atoms with van der Waals surface area (Å²) in [4.78, 5) is 26.5. The Morgan fingerprint density at radius 1 is 1.25 bits per heavy atom. The number of thiophene rings is 1. The number of rotatable bonds is 7. The summed E-state index contributed by atoms with van der Waals surface area (Å²) in [7, 11) is 1.67. The van der Waals surface area contributed by atoms with Crippen LogP contribution in [0.3, 0.4) is 0 Å². The van der Waals surface area contributed by atoms with Crippen molar-refractivity contribution >= 4 is 35.0 Å². The molecule has 3 rings (SSSR count). The standard InChI is InChI=1S/C19H19N5O3S/c1-14-20-21-22-24(14)17(10-15-6-4-3-5-7-15)19(26)27-12-18(25)23(2)11-16-8-9-28-13-16/h3-10,13H,11-12H2,1-2H3/b17-10-. The molecule has 28 heavy (non-hydrogen) atoms. The van der Waals surface area contributed by atoms with Crippen LogP contribution in [0, 0.1) is 6.92 Å². The number of hydrogen-bond acceptors (Lipinski definition) is 7. The van der Waals surface area contributed by atoms with Crippen molar-refractivity contribution in [3.8, 4) is 0 Å². The molecule has 0 aliphatic carbocycles. The lowest BCUT2D eigenvalue weighted by molar-refractivity contribution is -0.147. The van der Waals surface area contributed by atoms with Gasteiger partial charge >= 0.3 is 5.97 Å². The molecule has 0 spiro atoms. The number of tetrazole rings is 1. The molecule has 8 nitrogen and oxygen atoms in total. The number of amides is 1. The van der Waals surface area contributed by atoms with Gasteiger partial charge in [0.25, 0.3) is 5.91 Å². The van der Waals surface area contributed by atoms with E-state index in [1.165, 1.54) is 9.58 Å². The number of aromatic nitrogens is 4. The molecule has 144 valence electrons. The average Bonchev–Trinajstić information content (AvgIpc) is 3.36. The third kappa shape index (κ3) is 4.89. The summed E-state index contributed by atoms with van der Waals surface area (Å²) in [6, 6.07) is 11.2. The minimum absolute atomic E-state index is 0.127. The molecule has 9 heteroatoms. The molecule has 0 bridgehead atoms. The van der Waals surface area contributed by atoms with Crippen LogP contribution in [0.15, 0.2) is 47.2 Å². The number of hydrogen-bond donors (Lipinski definition) is 0. The van der Waals surface area contributed by atoms with Crippen LogP contribution in [0.1, 0.15) is 17.0 Å². The van der Waals surface area contributed by atoms with Crippen LogP contribution in [0.25, 0.3) is 11.8 Å². The van der Waals surface area contributed by atoms with Gasteiger partial charge in [0.2, 0.25) is 0 Å². The molecule has 2 heterocycles. The molecule has 0 fully saturated rings. The second-order valence-electron chi connectivity index (χ2n) is 6.04. The molecule has 2 aromatic heterocycles. The zero-order valence-electron chi connectivity index (χ0n) is 15.5. The van der Waals surface area contributed by atoms with Crippen molar-refractivity contribution in [1.82, 2.24) is 25.1 Å². The lowest BCUT2D eigenvalue weighted by atomic mass is 10.2. The van der Waals surface area contributed by atoms with E-state index in [9.17, 15) is 9.59 Å². The van der Waals surface area contributed by atoms with Crippen LogP contribution in [-0.4, -0.2) is 50.6 Å². The smallest absolute Gasteiger partial charge is 0.357 e. The van der Waals surface area contributed by atoms with Gasteiger partial charge in [-0.1, -0.05) is 30.3 Å². The molecule has 0 unspecified atom stereocenters. The number of carbonyl (C=O) groups is 2. The lowest BCUT2D eigenvalue weighted by Crippen LogP contribution is -2.31. The van der Waals surface area contributed by atoms with Crippen molar-refractivity contribution < 1.29 is 14.3 Å². The van der Waals surface area contributed by atoms with Gasteiger partial charge in [0.05, 0.1) is 0 Å². The van der Waals surface area contributed by atoms with E-state index in [-0.39, 0.29) is 18.2 Å². The first kappa shape index (κ1) is 19.4. The summed E-state index contributed by atoms with van der Waals surface area (Å²) >= 11 is 1.56. The van der Waals surface area contributed by atoms with E-state index >= 15 is 0 Å². The van der Waals surface area contributed by atoms with Crippen molar-refractivity contribution in [1.29, 1.82) is 0 Å². The summed E-state index contributed by atoms with van der Waals surface area (Å²) in [5, 5.41) is 15.1. The maximum absolute atomic E-state index is 12.7. The van der Waals surface area contributed by atoms with E-state index in [0.717, 1.165) is 11.1 Å². The minimum Gasteiger partial charge on any atom is -0.451 e. The molecule has 0 saturated carbocycles. The van der Waals surface area contributed by atoms with E-state index in [4.69, 9.17) is 4.74 Å². The van der Waals surface area contributed by atoms with Gasteiger partial charge < -0.3 is 9.64 Å². The fourth-order valence-corrected chi connectivity index (χ4v) is 3.08. The van der Waals surface area contributed by atoms with E-state index < -0.39 is 5.97 Å². The molecular formula is C19H19N5O3S. The molecule has 0 saturated heterocycles. The Kier molecular flexibility index (Phi) is 6.28. The summed E-state index contributed by atoms with van der Waals surface area (Å²) in [6.07, 6.45) is 1.62. The van der Waals surface area contributed by atoms with Gasteiger partial charge in [-0.25, -0.2) is 4.79 Å². The average molecular weight is 397 g/mol. The van der Waals surface area contributed by atoms with E-state index in [0.29, 0.717) is 12.4 Å². The second kappa shape index (κ2) is 9.05. The molecule has 0 N–H and O–H groups in total. The van der Waals surface area contributed by atoms with Gasteiger partial charge in [-0.3, -0.25) is 4.79 Å². The Labute approximate surface area is 166 Å². The zero-order chi connectivity index (χ0) is 19.9. The Morgan fingerprint density at radius 2 is 2.04 bits per heavy atom. The molecule has 1 amide bonds. The van der Waals surface area contributed by atoms with Crippen molar-refractivity contribution in [3.63, 3.8) is 0 Å². The number of aryl methyl sites for hydroxylation is 1. The highest BCUT2D eigenvalue weighted by Gasteiger charge is 2.20. The topological polar surface area (TPSA) is 90.2 Å². The lowest BCUT2D eigenvalue weighted by Gasteiger charge is -2.16. The second-order valence-corrected chi connectivity index (χ2v) is 6.82. The van der Waals surface area contributed by atoms with E-state index in [1.807, 2.05) is 47.2 Å². The van der Waals surface area contributed by atoms with E-state index in [1.54, 1.807) is 31.4 Å². The van der Waals surface area contributed by atoms with Crippen LogP contribution >= 0.6 is 11.3 Å². The Bertz CT molecular complexity index is 967. The van der Waals surface area contributed by atoms with Crippen LogP contribution in [-0.2, 0) is 20.9 Å². The molecule has 0 radical (unpaired) electrons. The highest BCUT2D eigenvalue weighted by atomic mass is 32.1. The number of nitrogens with zero attached hydrogens (tertiary/aromatic N) is 5. The van der Waals surface area contributed by atoms with Crippen molar-refractivity contribution in [3.05, 3.63) is 64.1 Å². The summed E-state index contributed by atoms with van der Waals surface area (Å²) < 4.78 is 6.53. The monoisotopic (exact) mass is 397 g/mol. The number of likely N-dealkylation sites (N-methyl/N-ethyl adjacent to an activating group) is 1. The SMILES string of the molecule is Cc1nnnn1/C(=C\c1ccccc1)C(=O)OCC(=O)N(C)Cc1ccsc1. The Hall–Kier alpha value is -3.33. The molecule has 0 aliphatic heterocycles. The van der Waals surface area contributed by atoms with Crippen LogP contribution in [0.4, 0.5) is 0 Å². The maximum Gasteiger partial charge on any atom is 0.357 e. The zero-order valence-corrected chi connectivity index (χ0v) is 16.3. The summed E-state index contributed by atoms with van der Waals surface area (Å²) in [5.74, 6) is -0.552. The highest BCUT2D eigenvalue weighted by molar-refractivity contribution is 7.07. The summed E-state index contributed by atoms with van der Waals surface area (Å²) in [5.41, 5.74) is 1.94. The first-order chi connectivity index (χ1) is 13.5. The van der Waals surface area contributed by atoms with Crippen LogP contribution in [0.5, 0.6) is 0 Å². The predicted molar refractivity (Wildman–Crippen MR) is 105 cm³/mol. The van der Waals surface area contributed by atoms with Crippen LogP contribution < -0.4 is 0 Å². The molecule has 0 aliphatic rings. The number of esters is 1. The number of benzene rings is 1. The largest absolute Gasteiger partial charge is 0.451 e. The molecule has 0 atom stereocenters. The first-order valence-corrected chi connectivity index (χ1v) is 9.43. The Morgan fingerprint density at radius 3 is 2.68 bits per heavy atom. The van der Waals surface area contributed by atoms with Gasteiger partial charge in [0.15, 0.2) is 18.1 Å². The third-order valence-corrected chi connectivity index (χ3v) is 4.65. The highest BCUT2D eigenvalue weighted by Crippen LogP contribution is 2.14. The predicted octanol–water partition coefficient (Wildman–Crippen LogP) is 2.24. The van der Waals surface area contributed by atoms with Crippen molar-refractivity contribution in [2.45, 2.75) is 13.5 Å². The van der Waals surface area contributed by atoms with Crippen molar-refractivity contribution in [2.75, 3.05) is 13.7 Å². The Balaban J connectivity index is 1.70. The fraction of sp³-hybridized carbons (Fsp3) is 0.211. The van der Waals surface area contributed by atoms with Gasteiger partial charge in [-0.15, -0.1) is 5.10 Å². The quantitative estimate of drug-likeness (QED) is 0.449. The first-order valence-electron chi connectivity index (χ1n) is 8.49. The molecule has 1 aromatic carbocycles. The number of carbonyl (C=O) groups excluding carboxylic acids is 2. The molecular weight excluding hydrogens is 378 g/mol. The fourth-order valence-electron chi connectivity index (χ4n) is 2.42. The normalized spacial score (nSPS) is 11.3.